The molecule has 0 radical (unpaired) electrons. The van der Waals surface area contributed by atoms with E-state index in [1.54, 1.807) is 0 Å². The van der Waals surface area contributed by atoms with Crippen molar-refractivity contribution in [2.24, 2.45) is 0 Å². The van der Waals surface area contributed by atoms with E-state index in [2.05, 4.69) is 37.0 Å². The third kappa shape index (κ3) is 1.81. The van der Waals surface area contributed by atoms with Gasteiger partial charge >= 0.3 is 0 Å². The summed E-state index contributed by atoms with van der Waals surface area (Å²) in [6.45, 7) is 6.17. The average Bonchev–Trinajstić information content (AvgIpc) is 2.63. The maximum Gasteiger partial charge on any atom is 0.292 e. The number of aromatic nitrogens is 1. The van der Waals surface area contributed by atoms with Crippen LogP contribution >= 0.6 is 0 Å². The molecule has 0 aliphatic heterocycles. The van der Waals surface area contributed by atoms with Crippen LogP contribution in [-0.4, -0.2) is 4.98 Å². The second-order valence-electron chi connectivity index (χ2n) is 4.00. The Labute approximate surface area is 95.3 Å². The monoisotopic (exact) mass is 216 g/mol. The lowest BCUT2D eigenvalue weighted by Crippen LogP contribution is -1.88. The van der Waals surface area contributed by atoms with E-state index in [1.165, 1.54) is 11.1 Å². The zero-order chi connectivity index (χ0) is 11.7. The van der Waals surface area contributed by atoms with E-state index < -0.39 is 0 Å². The van der Waals surface area contributed by atoms with Gasteiger partial charge in [0, 0.05) is 5.56 Å². The Morgan fingerprint density at radius 3 is 2.75 bits per heavy atom. The minimum absolute atomic E-state index is 0.243. The lowest BCUT2D eigenvalue weighted by atomic mass is 10.0. The highest BCUT2D eigenvalue weighted by atomic mass is 16.4. The van der Waals surface area contributed by atoms with E-state index >= 15 is 0 Å². The number of nitrogen functional groups attached to an aromatic ring is 1. The molecule has 0 saturated carbocycles. The summed E-state index contributed by atoms with van der Waals surface area (Å²) in [4.78, 5) is 4.19. The Morgan fingerprint density at radius 1 is 1.31 bits per heavy atom. The van der Waals surface area contributed by atoms with Gasteiger partial charge in [-0.15, -0.1) is 0 Å². The minimum Gasteiger partial charge on any atom is -0.423 e. The summed E-state index contributed by atoms with van der Waals surface area (Å²) in [6, 6.07) is 6.52. The molecule has 0 aliphatic rings. The van der Waals surface area contributed by atoms with Crippen LogP contribution in [-0.2, 0) is 6.42 Å². The van der Waals surface area contributed by atoms with Gasteiger partial charge in [0.25, 0.3) is 6.01 Å². The second kappa shape index (κ2) is 4.00. The van der Waals surface area contributed by atoms with Gasteiger partial charge in [0.1, 0.15) is 0 Å². The SMILES string of the molecule is CCc1nc(N)oc1-c1cc(C)ccc1C. The number of benzene rings is 1. The Hall–Kier alpha value is -1.77. The molecule has 3 nitrogen and oxygen atoms in total. The van der Waals surface area contributed by atoms with Crippen molar-refractivity contribution < 1.29 is 4.42 Å². The van der Waals surface area contributed by atoms with Gasteiger partial charge in [0.05, 0.1) is 5.69 Å². The van der Waals surface area contributed by atoms with E-state index in [0.717, 1.165) is 23.4 Å². The van der Waals surface area contributed by atoms with E-state index in [9.17, 15) is 0 Å². The first-order chi connectivity index (χ1) is 7.61. The summed E-state index contributed by atoms with van der Waals surface area (Å²) in [6.07, 6.45) is 0.823. The molecule has 0 fully saturated rings. The molecule has 1 heterocycles. The molecule has 0 aliphatic carbocycles. The zero-order valence-corrected chi connectivity index (χ0v) is 9.87. The van der Waals surface area contributed by atoms with Crippen LogP contribution in [0, 0.1) is 13.8 Å². The molecule has 0 unspecified atom stereocenters. The molecule has 2 N–H and O–H groups in total. The van der Waals surface area contributed by atoms with Crippen molar-refractivity contribution in [1.82, 2.24) is 4.98 Å². The topological polar surface area (TPSA) is 52.0 Å². The fourth-order valence-corrected chi connectivity index (χ4v) is 1.80. The molecule has 84 valence electrons. The van der Waals surface area contributed by atoms with Crippen molar-refractivity contribution >= 4 is 6.01 Å². The Kier molecular flexibility index (Phi) is 2.69. The third-order valence-corrected chi connectivity index (χ3v) is 2.69. The molecule has 16 heavy (non-hydrogen) atoms. The van der Waals surface area contributed by atoms with Gasteiger partial charge in [0.2, 0.25) is 0 Å². The van der Waals surface area contributed by atoms with Crippen LogP contribution in [0.1, 0.15) is 23.7 Å². The highest BCUT2D eigenvalue weighted by molar-refractivity contribution is 5.65. The quantitative estimate of drug-likeness (QED) is 0.839. The lowest BCUT2D eigenvalue weighted by molar-refractivity contribution is 0.593. The molecule has 0 bridgehead atoms. The molecule has 1 aromatic carbocycles. The number of rotatable bonds is 2. The van der Waals surface area contributed by atoms with Crippen LogP contribution < -0.4 is 5.73 Å². The summed E-state index contributed by atoms with van der Waals surface area (Å²) in [5.74, 6) is 0.807. The molecule has 0 saturated heterocycles. The van der Waals surface area contributed by atoms with Gasteiger partial charge in [-0.1, -0.05) is 24.6 Å². The summed E-state index contributed by atoms with van der Waals surface area (Å²) >= 11 is 0. The van der Waals surface area contributed by atoms with Crippen LogP contribution in [0.3, 0.4) is 0 Å². The number of anilines is 1. The molecular formula is C13H16N2O. The van der Waals surface area contributed by atoms with E-state index in [0.29, 0.717) is 0 Å². The fraction of sp³-hybridized carbons (Fsp3) is 0.308. The number of nitrogens with two attached hydrogens (primary N) is 1. The van der Waals surface area contributed by atoms with Crippen molar-refractivity contribution in [2.45, 2.75) is 27.2 Å². The Morgan fingerprint density at radius 2 is 2.06 bits per heavy atom. The summed E-state index contributed by atoms with van der Waals surface area (Å²) in [5.41, 5.74) is 9.99. The molecule has 0 spiro atoms. The van der Waals surface area contributed by atoms with Gasteiger partial charge < -0.3 is 10.2 Å². The first kappa shape index (κ1) is 10.7. The van der Waals surface area contributed by atoms with E-state index in [1.807, 2.05) is 6.92 Å². The van der Waals surface area contributed by atoms with Crippen molar-refractivity contribution in [1.29, 1.82) is 0 Å². The standard InChI is InChI=1S/C13H16N2O/c1-4-11-12(16-13(14)15-11)10-7-8(2)5-6-9(10)3/h5-7H,4H2,1-3H3,(H2,14,15). The van der Waals surface area contributed by atoms with Crippen molar-refractivity contribution in [3.05, 3.63) is 35.0 Å². The van der Waals surface area contributed by atoms with Crippen LogP contribution in [0.4, 0.5) is 6.01 Å². The van der Waals surface area contributed by atoms with Crippen molar-refractivity contribution in [2.75, 3.05) is 5.73 Å². The largest absolute Gasteiger partial charge is 0.423 e. The molecule has 0 atom stereocenters. The van der Waals surface area contributed by atoms with Gasteiger partial charge in [0.15, 0.2) is 5.76 Å². The molecule has 3 heteroatoms. The van der Waals surface area contributed by atoms with Crippen LogP contribution in [0.5, 0.6) is 0 Å². The average molecular weight is 216 g/mol. The van der Waals surface area contributed by atoms with Gasteiger partial charge in [-0.3, -0.25) is 0 Å². The van der Waals surface area contributed by atoms with Crippen LogP contribution in [0.25, 0.3) is 11.3 Å². The van der Waals surface area contributed by atoms with Crippen molar-refractivity contribution in [3.63, 3.8) is 0 Å². The Balaban J connectivity index is 2.61. The predicted octanol–water partition coefficient (Wildman–Crippen LogP) is 3.10. The minimum atomic E-state index is 0.243. The van der Waals surface area contributed by atoms with Gasteiger partial charge in [-0.2, -0.15) is 4.98 Å². The molecular weight excluding hydrogens is 200 g/mol. The highest BCUT2D eigenvalue weighted by Crippen LogP contribution is 2.29. The summed E-state index contributed by atoms with van der Waals surface area (Å²) < 4.78 is 5.49. The summed E-state index contributed by atoms with van der Waals surface area (Å²) in [5, 5.41) is 0. The molecule has 1 aromatic heterocycles. The predicted molar refractivity (Wildman–Crippen MR) is 65.2 cm³/mol. The maximum atomic E-state index is 5.60. The number of hydrogen-bond acceptors (Lipinski definition) is 3. The lowest BCUT2D eigenvalue weighted by Gasteiger charge is -2.05. The number of oxazole rings is 1. The molecule has 0 amide bonds. The highest BCUT2D eigenvalue weighted by Gasteiger charge is 2.14. The Bertz CT molecular complexity index is 515. The number of nitrogens with zero attached hydrogens (tertiary/aromatic N) is 1. The normalized spacial score (nSPS) is 10.7. The maximum absolute atomic E-state index is 5.60. The number of aryl methyl sites for hydroxylation is 3. The van der Waals surface area contributed by atoms with E-state index in [-0.39, 0.29) is 6.01 Å². The summed E-state index contributed by atoms with van der Waals surface area (Å²) in [7, 11) is 0. The number of hydrogen-bond donors (Lipinski definition) is 1. The molecule has 2 rings (SSSR count). The van der Waals surface area contributed by atoms with Gasteiger partial charge in [-0.25, -0.2) is 0 Å². The smallest absolute Gasteiger partial charge is 0.292 e. The fourth-order valence-electron chi connectivity index (χ4n) is 1.80. The first-order valence-electron chi connectivity index (χ1n) is 5.44. The van der Waals surface area contributed by atoms with Gasteiger partial charge in [-0.05, 0) is 31.9 Å². The first-order valence-corrected chi connectivity index (χ1v) is 5.44. The molecule has 2 aromatic rings. The zero-order valence-electron chi connectivity index (χ0n) is 9.87. The van der Waals surface area contributed by atoms with E-state index in [4.69, 9.17) is 10.2 Å². The second-order valence-corrected chi connectivity index (χ2v) is 4.00. The third-order valence-electron chi connectivity index (χ3n) is 2.69. The van der Waals surface area contributed by atoms with Crippen molar-refractivity contribution in [3.8, 4) is 11.3 Å². The van der Waals surface area contributed by atoms with Crippen LogP contribution in [0.15, 0.2) is 22.6 Å². The van der Waals surface area contributed by atoms with Crippen LogP contribution in [0.2, 0.25) is 0 Å².